The Morgan fingerprint density at radius 3 is 2.50 bits per heavy atom. The van der Waals surface area contributed by atoms with Gasteiger partial charge in [-0.15, -0.1) is 17.5 Å². The van der Waals surface area contributed by atoms with Gasteiger partial charge < -0.3 is 0 Å². The molecule has 0 bridgehead atoms. The summed E-state index contributed by atoms with van der Waals surface area (Å²) >= 11 is 3.80. The van der Waals surface area contributed by atoms with Crippen molar-refractivity contribution in [2.45, 2.75) is 24.5 Å². The van der Waals surface area contributed by atoms with Gasteiger partial charge >= 0.3 is 0 Å². The first-order chi connectivity index (χ1) is 3.72. The third kappa shape index (κ3) is 2.35. The van der Waals surface area contributed by atoms with E-state index >= 15 is 0 Å². The van der Waals surface area contributed by atoms with Gasteiger partial charge in [-0.2, -0.15) is 0 Å². The Hall–Kier alpha value is 0.0149. The molecule has 2 atom stereocenters. The first-order valence-corrected chi connectivity index (χ1v) is 3.00. The van der Waals surface area contributed by atoms with E-state index < -0.39 is 5.37 Å². The zero-order chi connectivity index (χ0) is 6.57. The van der Waals surface area contributed by atoms with Gasteiger partial charge in [-0.25, -0.2) is 0 Å². The summed E-state index contributed by atoms with van der Waals surface area (Å²) in [6.07, 6.45) is 0.736. The number of thiol groups is 1. The van der Waals surface area contributed by atoms with E-state index in [1.165, 1.54) is 0 Å². The van der Waals surface area contributed by atoms with Crippen LogP contribution < -0.4 is 0 Å². The lowest BCUT2D eigenvalue weighted by atomic mass is 9.85. The molecule has 2 unspecified atom stereocenters. The first-order valence-electron chi connectivity index (χ1n) is 2.48. The van der Waals surface area contributed by atoms with Gasteiger partial charge in [0.1, 0.15) is 5.37 Å². The van der Waals surface area contributed by atoms with Crippen LogP contribution in [-0.4, -0.2) is 13.2 Å². The van der Waals surface area contributed by atoms with Gasteiger partial charge in [0.15, 0.2) is 0 Å². The summed E-state index contributed by atoms with van der Waals surface area (Å²) in [6.45, 7) is 1.89. The number of rotatable bonds is 3. The Labute approximate surface area is 55.8 Å². The molecule has 0 aromatic carbocycles. The molecule has 44 valence electrons. The molecule has 0 N–H and O–H groups in total. The van der Waals surface area contributed by atoms with Gasteiger partial charge in [0.05, 0.1) is 7.85 Å². The molecule has 0 amide bonds. The second-order valence-corrected chi connectivity index (χ2v) is 2.12. The molecule has 2 radical (unpaired) electrons. The molecule has 2 nitrogen and oxygen atoms in total. The van der Waals surface area contributed by atoms with Crippen LogP contribution in [0.3, 0.4) is 0 Å². The summed E-state index contributed by atoms with van der Waals surface area (Å²) in [4.78, 5) is 9.70. The molecule has 0 fully saturated rings. The van der Waals surface area contributed by atoms with E-state index in [-0.39, 0.29) is 5.82 Å². The van der Waals surface area contributed by atoms with Crippen LogP contribution in [0.2, 0.25) is 5.82 Å². The van der Waals surface area contributed by atoms with Crippen molar-refractivity contribution < 1.29 is 0 Å². The van der Waals surface area contributed by atoms with Crippen molar-refractivity contribution in [1.29, 1.82) is 0 Å². The highest BCUT2D eigenvalue weighted by atomic mass is 32.1. The van der Waals surface area contributed by atoms with Crippen molar-refractivity contribution in [3.8, 4) is 0 Å². The summed E-state index contributed by atoms with van der Waals surface area (Å²) in [5, 5.41) is 2.11. The van der Waals surface area contributed by atoms with E-state index in [0.29, 0.717) is 0 Å². The first kappa shape index (κ1) is 8.01. The second-order valence-electron chi connectivity index (χ2n) is 1.59. The summed E-state index contributed by atoms with van der Waals surface area (Å²) in [6, 6.07) is 0. The Bertz CT molecular complexity index is 80.4. The zero-order valence-electron chi connectivity index (χ0n) is 4.74. The van der Waals surface area contributed by atoms with E-state index in [1.807, 2.05) is 6.92 Å². The fourth-order valence-electron chi connectivity index (χ4n) is 0.289. The molecule has 0 aliphatic rings. The molecule has 0 aliphatic carbocycles. The molecule has 0 saturated carbocycles. The molecule has 0 aliphatic heterocycles. The minimum atomic E-state index is -0.542. The minimum Gasteiger partial charge on any atom is -0.150 e. The fraction of sp³-hybridized carbons (Fsp3) is 1.00. The van der Waals surface area contributed by atoms with E-state index in [9.17, 15) is 4.91 Å². The monoisotopic (exact) mass is 129 g/mol. The van der Waals surface area contributed by atoms with Crippen LogP contribution in [0.15, 0.2) is 5.18 Å². The fourth-order valence-corrected chi connectivity index (χ4v) is 0.500. The molecule has 0 rings (SSSR count). The van der Waals surface area contributed by atoms with Crippen LogP contribution in [0.4, 0.5) is 0 Å². The number of hydrogen-bond donors (Lipinski definition) is 1. The van der Waals surface area contributed by atoms with Gasteiger partial charge in [-0.05, 0) is 5.82 Å². The van der Waals surface area contributed by atoms with E-state index in [0.717, 1.165) is 6.42 Å². The topological polar surface area (TPSA) is 29.4 Å². The van der Waals surface area contributed by atoms with Gasteiger partial charge in [-0.1, -0.05) is 18.5 Å². The molecule has 0 aromatic heterocycles. The highest BCUT2D eigenvalue weighted by molar-refractivity contribution is 7.81. The normalized spacial score (nSPS) is 17.2. The van der Waals surface area contributed by atoms with Crippen molar-refractivity contribution in [3.05, 3.63) is 4.91 Å². The molecular weight excluding hydrogens is 121 g/mol. The molecule has 0 aromatic rings. The Morgan fingerprint density at radius 2 is 2.38 bits per heavy atom. The summed E-state index contributed by atoms with van der Waals surface area (Å²) in [7, 11) is 5.36. The van der Waals surface area contributed by atoms with Crippen LogP contribution in [0, 0.1) is 4.91 Å². The summed E-state index contributed by atoms with van der Waals surface area (Å²) in [5.74, 6) is -0.198. The van der Waals surface area contributed by atoms with Gasteiger partial charge in [0, 0.05) is 0 Å². The molecule has 4 heteroatoms. The highest BCUT2D eigenvalue weighted by Crippen LogP contribution is 2.16. The highest BCUT2D eigenvalue weighted by Gasteiger charge is 2.08. The maximum atomic E-state index is 9.70. The van der Waals surface area contributed by atoms with Crippen LogP contribution in [0.25, 0.3) is 0 Å². The van der Waals surface area contributed by atoms with Crippen molar-refractivity contribution >= 4 is 20.5 Å². The quantitative estimate of drug-likeness (QED) is 0.348. The number of hydrogen-bond acceptors (Lipinski definition) is 3. The lowest BCUT2D eigenvalue weighted by Crippen LogP contribution is -2.03. The van der Waals surface area contributed by atoms with Crippen LogP contribution in [-0.2, 0) is 0 Å². The van der Waals surface area contributed by atoms with Crippen LogP contribution in [0.1, 0.15) is 13.3 Å². The maximum absolute atomic E-state index is 9.70. The summed E-state index contributed by atoms with van der Waals surface area (Å²) in [5.41, 5.74) is 0. The average Bonchev–Trinajstić information content (AvgIpc) is 1.84. The molecular formula is C4H8BNOS. The van der Waals surface area contributed by atoms with Crippen molar-refractivity contribution in [2.75, 3.05) is 0 Å². The number of nitrogens with zero attached hydrogens (tertiary/aromatic N) is 1. The Balaban J connectivity index is 3.44. The lowest BCUT2D eigenvalue weighted by molar-refractivity contribution is 0.763. The van der Waals surface area contributed by atoms with E-state index in [1.54, 1.807) is 0 Å². The number of nitroso groups, excluding NO2 is 1. The smallest absolute Gasteiger partial charge is 0.129 e. The standard InChI is InChI=1S/C4H8BNOS/c1-2-3(5)4(8)6-7/h3-4,8H,2H2,1H3. The summed E-state index contributed by atoms with van der Waals surface area (Å²) < 4.78 is 0. The zero-order valence-corrected chi connectivity index (χ0v) is 5.64. The van der Waals surface area contributed by atoms with Crippen molar-refractivity contribution in [1.82, 2.24) is 0 Å². The Kier molecular flexibility index (Phi) is 3.96. The third-order valence-corrected chi connectivity index (χ3v) is 1.44. The predicted molar refractivity (Wildman–Crippen MR) is 38.4 cm³/mol. The molecule has 0 saturated heterocycles. The van der Waals surface area contributed by atoms with Gasteiger partial charge in [0.2, 0.25) is 0 Å². The second kappa shape index (κ2) is 3.95. The molecule has 8 heavy (non-hydrogen) atoms. The lowest BCUT2D eigenvalue weighted by Gasteiger charge is -2.07. The molecule has 0 spiro atoms. The van der Waals surface area contributed by atoms with E-state index in [2.05, 4.69) is 17.8 Å². The van der Waals surface area contributed by atoms with Gasteiger partial charge in [-0.3, -0.25) is 0 Å². The Morgan fingerprint density at radius 1 is 1.88 bits per heavy atom. The van der Waals surface area contributed by atoms with Crippen molar-refractivity contribution in [2.24, 2.45) is 5.18 Å². The minimum absolute atomic E-state index is 0.198. The van der Waals surface area contributed by atoms with Crippen molar-refractivity contribution in [3.63, 3.8) is 0 Å². The van der Waals surface area contributed by atoms with Crippen LogP contribution in [0.5, 0.6) is 0 Å². The average molecular weight is 129 g/mol. The maximum Gasteiger partial charge on any atom is 0.129 e. The van der Waals surface area contributed by atoms with E-state index in [4.69, 9.17) is 7.85 Å². The van der Waals surface area contributed by atoms with Gasteiger partial charge in [0.25, 0.3) is 0 Å². The largest absolute Gasteiger partial charge is 0.150 e. The molecule has 0 heterocycles. The predicted octanol–water partition coefficient (Wildman–Crippen LogP) is 1.38. The third-order valence-electron chi connectivity index (χ3n) is 0.962. The SMILES string of the molecule is [B]C(CC)C(S)N=O. The van der Waals surface area contributed by atoms with Crippen LogP contribution >= 0.6 is 12.6 Å².